The number of anilines is 1. The van der Waals surface area contributed by atoms with E-state index in [1.807, 2.05) is 37.3 Å². The molecule has 4 heteroatoms. The Kier molecular flexibility index (Phi) is 3.23. The molecular formula is C15H23N3O. The summed E-state index contributed by atoms with van der Waals surface area (Å²) >= 11 is 0. The van der Waals surface area contributed by atoms with E-state index in [4.69, 9.17) is 0 Å². The third-order valence-electron chi connectivity index (χ3n) is 4.49. The molecule has 1 aromatic heterocycles. The van der Waals surface area contributed by atoms with Crippen LogP contribution in [0.4, 0.5) is 5.82 Å². The van der Waals surface area contributed by atoms with Crippen LogP contribution in [-0.4, -0.2) is 36.3 Å². The van der Waals surface area contributed by atoms with Crippen molar-refractivity contribution in [2.75, 3.05) is 19.0 Å². The third-order valence-corrected chi connectivity index (χ3v) is 4.49. The second kappa shape index (κ2) is 4.76. The Morgan fingerprint density at radius 1 is 1.26 bits per heavy atom. The summed E-state index contributed by atoms with van der Waals surface area (Å²) in [4.78, 5) is 6.42. The standard InChI is InChI=1S/C15H23N3O/c1-18(2)14-7-6-11(10-16-14)15(19)8-12-4-3-5-13(9-15)17-12/h6-7,10,12-13,17,19H,3-5,8-9H2,1-2H3. The highest BCUT2D eigenvalue weighted by Gasteiger charge is 2.41. The SMILES string of the molecule is CN(C)c1ccc(C2(O)CC3CCCC(C2)N3)cn1. The first kappa shape index (κ1) is 12.9. The molecule has 2 aliphatic heterocycles. The molecule has 2 atom stereocenters. The van der Waals surface area contributed by atoms with E-state index in [1.54, 1.807) is 0 Å². The molecule has 0 amide bonds. The van der Waals surface area contributed by atoms with Crippen LogP contribution in [0.15, 0.2) is 18.3 Å². The second-order valence-electron chi connectivity index (χ2n) is 6.23. The Morgan fingerprint density at radius 2 is 1.95 bits per heavy atom. The summed E-state index contributed by atoms with van der Waals surface area (Å²) in [7, 11) is 3.96. The Hall–Kier alpha value is -1.13. The molecule has 1 aromatic rings. The normalized spacial score (nSPS) is 34.1. The molecule has 0 saturated carbocycles. The van der Waals surface area contributed by atoms with E-state index < -0.39 is 5.60 Å². The quantitative estimate of drug-likeness (QED) is 0.849. The third kappa shape index (κ3) is 2.47. The molecule has 2 aliphatic rings. The van der Waals surface area contributed by atoms with Gasteiger partial charge in [-0.25, -0.2) is 4.98 Å². The summed E-state index contributed by atoms with van der Waals surface area (Å²) in [6.07, 6.45) is 7.12. The molecule has 0 radical (unpaired) electrons. The lowest BCUT2D eigenvalue weighted by Crippen LogP contribution is -2.54. The smallest absolute Gasteiger partial charge is 0.127 e. The van der Waals surface area contributed by atoms with E-state index in [0.29, 0.717) is 12.1 Å². The number of fused-ring (bicyclic) bond motifs is 2. The first-order valence-corrected chi connectivity index (χ1v) is 7.19. The van der Waals surface area contributed by atoms with Crippen LogP contribution in [0.25, 0.3) is 0 Å². The maximum absolute atomic E-state index is 11.0. The van der Waals surface area contributed by atoms with E-state index in [9.17, 15) is 5.11 Å². The summed E-state index contributed by atoms with van der Waals surface area (Å²) in [5.41, 5.74) is 0.273. The van der Waals surface area contributed by atoms with Gasteiger partial charge in [0.05, 0.1) is 5.60 Å². The fraction of sp³-hybridized carbons (Fsp3) is 0.667. The lowest BCUT2D eigenvalue weighted by molar-refractivity contribution is -0.0361. The van der Waals surface area contributed by atoms with Gasteiger partial charge in [-0.3, -0.25) is 0 Å². The van der Waals surface area contributed by atoms with Crippen LogP contribution >= 0.6 is 0 Å². The highest BCUT2D eigenvalue weighted by Crippen LogP contribution is 2.39. The molecule has 3 rings (SSSR count). The Balaban J connectivity index is 1.83. The zero-order valence-corrected chi connectivity index (χ0v) is 11.8. The molecule has 0 spiro atoms. The fourth-order valence-electron chi connectivity index (χ4n) is 3.49. The van der Waals surface area contributed by atoms with Crippen LogP contribution in [0.5, 0.6) is 0 Å². The van der Waals surface area contributed by atoms with Gasteiger partial charge in [-0.15, -0.1) is 0 Å². The van der Waals surface area contributed by atoms with Crippen molar-refractivity contribution in [3.63, 3.8) is 0 Å². The largest absolute Gasteiger partial charge is 0.385 e. The van der Waals surface area contributed by atoms with Crippen molar-refractivity contribution in [2.45, 2.75) is 49.8 Å². The summed E-state index contributed by atoms with van der Waals surface area (Å²) in [5, 5.41) is 14.6. The van der Waals surface area contributed by atoms with Crippen molar-refractivity contribution in [3.05, 3.63) is 23.9 Å². The van der Waals surface area contributed by atoms with Crippen LogP contribution in [0.1, 0.15) is 37.7 Å². The van der Waals surface area contributed by atoms with Crippen molar-refractivity contribution < 1.29 is 5.11 Å². The van der Waals surface area contributed by atoms with Gasteiger partial charge in [-0.1, -0.05) is 12.5 Å². The lowest BCUT2D eigenvalue weighted by atomic mass is 9.74. The van der Waals surface area contributed by atoms with Gasteiger partial charge in [0.2, 0.25) is 0 Å². The minimum absolute atomic E-state index is 0.464. The van der Waals surface area contributed by atoms with E-state index >= 15 is 0 Å². The molecule has 2 bridgehead atoms. The molecule has 19 heavy (non-hydrogen) atoms. The van der Waals surface area contributed by atoms with Crippen LogP contribution in [-0.2, 0) is 5.60 Å². The fourth-order valence-corrected chi connectivity index (χ4v) is 3.49. The van der Waals surface area contributed by atoms with Crippen molar-refractivity contribution in [1.82, 2.24) is 10.3 Å². The van der Waals surface area contributed by atoms with Crippen molar-refractivity contribution >= 4 is 5.82 Å². The van der Waals surface area contributed by atoms with Gasteiger partial charge in [0.15, 0.2) is 0 Å². The molecule has 2 N–H and O–H groups in total. The summed E-state index contributed by atoms with van der Waals surface area (Å²) in [5.74, 6) is 0.932. The number of pyridine rings is 1. The zero-order chi connectivity index (χ0) is 13.5. The minimum Gasteiger partial charge on any atom is -0.385 e. The maximum atomic E-state index is 11.0. The maximum Gasteiger partial charge on any atom is 0.127 e. The van der Waals surface area contributed by atoms with Crippen molar-refractivity contribution in [1.29, 1.82) is 0 Å². The van der Waals surface area contributed by atoms with Gasteiger partial charge in [0.25, 0.3) is 0 Å². The van der Waals surface area contributed by atoms with Crippen LogP contribution in [0.2, 0.25) is 0 Å². The number of hydrogen-bond acceptors (Lipinski definition) is 4. The first-order chi connectivity index (χ1) is 9.07. The first-order valence-electron chi connectivity index (χ1n) is 7.19. The Labute approximate surface area is 114 Å². The van der Waals surface area contributed by atoms with Crippen LogP contribution < -0.4 is 10.2 Å². The minimum atomic E-state index is -0.696. The number of piperidine rings is 2. The molecule has 0 aliphatic carbocycles. The highest BCUT2D eigenvalue weighted by molar-refractivity contribution is 5.38. The van der Waals surface area contributed by atoms with Gasteiger partial charge in [0, 0.05) is 37.9 Å². The monoisotopic (exact) mass is 261 g/mol. The molecule has 2 fully saturated rings. The van der Waals surface area contributed by atoms with Gasteiger partial charge >= 0.3 is 0 Å². The number of nitrogens with zero attached hydrogens (tertiary/aromatic N) is 2. The Bertz CT molecular complexity index is 431. The molecule has 4 nitrogen and oxygen atoms in total. The van der Waals surface area contributed by atoms with Crippen molar-refractivity contribution in [3.8, 4) is 0 Å². The van der Waals surface area contributed by atoms with E-state index in [0.717, 1.165) is 24.2 Å². The number of aliphatic hydroxyl groups is 1. The highest BCUT2D eigenvalue weighted by atomic mass is 16.3. The summed E-state index contributed by atoms with van der Waals surface area (Å²) < 4.78 is 0. The van der Waals surface area contributed by atoms with Gasteiger partial charge in [-0.05, 0) is 31.7 Å². The molecule has 2 unspecified atom stereocenters. The average molecular weight is 261 g/mol. The molecule has 104 valence electrons. The topological polar surface area (TPSA) is 48.4 Å². The molecule has 3 heterocycles. The van der Waals surface area contributed by atoms with E-state index in [1.165, 1.54) is 19.3 Å². The number of hydrogen-bond donors (Lipinski definition) is 2. The second-order valence-corrected chi connectivity index (χ2v) is 6.23. The van der Waals surface area contributed by atoms with Crippen molar-refractivity contribution in [2.24, 2.45) is 0 Å². The van der Waals surface area contributed by atoms with Gasteiger partial charge in [0.1, 0.15) is 5.82 Å². The summed E-state index contributed by atoms with van der Waals surface area (Å²) in [6, 6.07) is 4.95. The number of nitrogens with one attached hydrogen (secondary N) is 1. The Morgan fingerprint density at radius 3 is 2.47 bits per heavy atom. The molecule has 2 saturated heterocycles. The zero-order valence-electron chi connectivity index (χ0n) is 11.8. The van der Waals surface area contributed by atoms with E-state index in [2.05, 4.69) is 10.3 Å². The molecular weight excluding hydrogens is 238 g/mol. The van der Waals surface area contributed by atoms with Crippen LogP contribution in [0, 0.1) is 0 Å². The lowest BCUT2D eigenvalue weighted by Gasteiger charge is -2.45. The van der Waals surface area contributed by atoms with Gasteiger partial charge in [-0.2, -0.15) is 0 Å². The molecule has 0 aromatic carbocycles. The number of rotatable bonds is 2. The summed E-state index contributed by atoms with van der Waals surface area (Å²) in [6.45, 7) is 0. The predicted molar refractivity (Wildman–Crippen MR) is 76.3 cm³/mol. The van der Waals surface area contributed by atoms with Crippen LogP contribution in [0.3, 0.4) is 0 Å². The number of aromatic nitrogens is 1. The van der Waals surface area contributed by atoms with Gasteiger partial charge < -0.3 is 15.3 Å². The predicted octanol–water partition coefficient (Wildman–Crippen LogP) is 1.64. The average Bonchev–Trinajstić information content (AvgIpc) is 2.38. The van der Waals surface area contributed by atoms with E-state index in [-0.39, 0.29) is 0 Å².